The molecule has 0 amide bonds. The predicted octanol–water partition coefficient (Wildman–Crippen LogP) is 3.70. The summed E-state index contributed by atoms with van der Waals surface area (Å²) >= 11 is 0. The topological polar surface area (TPSA) is 56.3 Å². The molecular weight excluding hydrogens is 369 g/mol. The van der Waals surface area contributed by atoms with E-state index in [0.717, 1.165) is 12.3 Å². The number of fused-ring (bicyclic) bond motifs is 1. The minimum absolute atomic E-state index is 0.414. The van der Waals surface area contributed by atoms with Crippen molar-refractivity contribution in [1.82, 2.24) is 4.98 Å². The quantitative estimate of drug-likeness (QED) is 0.303. The second-order valence-corrected chi connectivity index (χ2v) is 6.30. The van der Waals surface area contributed by atoms with E-state index in [4.69, 9.17) is 0 Å². The SMILES string of the molecule is O=S(=O)(Oc1c(F)c(F)c(F)c(F)c1F)c1cc2ccccc2cn1. The molecule has 1 heterocycles. The third-order valence-corrected chi connectivity index (χ3v) is 4.35. The molecule has 0 aliphatic rings. The summed E-state index contributed by atoms with van der Waals surface area (Å²) in [5, 5.41) is 0.227. The Bertz CT molecular complexity index is 1070. The van der Waals surface area contributed by atoms with E-state index in [-0.39, 0.29) is 0 Å². The molecule has 3 rings (SSSR count). The van der Waals surface area contributed by atoms with Gasteiger partial charge in [-0.3, -0.25) is 0 Å². The van der Waals surface area contributed by atoms with Gasteiger partial charge in [-0.05, 0) is 11.5 Å². The van der Waals surface area contributed by atoms with Gasteiger partial charge in [0.25, 0.3) is 0 Å². The summed E-state index contributed by atoms with van der Waals surface area (Å²) in [4.78, 5) is 3.58. The van der Waals surface area contributed by atoms with Gasteiger partial charge < -0.3 is 4.18 Å². The van der Waals surface area contributed by atoms with E-state index in [1.165, 1.54) is 6.07 Å². The fourth-order valence-corrected chi connectivity index (χ4v) is 2.91. The van der Waals surface area contributed by atoms with Crippen LogP contribution in [0.2, 0.25) is 0 Å². The van der Waals surface area contributed by atoms with Gasteiger partial charge in [0.15, 0.2) is 5.03 Å². The Labute approximate surface area is 137 Å². The molecule has 10 heteroatoms. The number of rotatable bonds is 3. The lowest BCUT2D eigenvalue weighted by Crippen LogP contribution is -2.15. The Morgan fingerprint density at radius 3 is 1.92 bits per heavy atom. The van der Waals surface area contributed by atoms with E-state index in [2.05, 4.69) is 9.17 Å². The van der Waals surface area contributed by atoms with E-state index < -0.39 is 50.0 Å². The molecule has 2 aromatic carbocycles. The zero-order chi connectivity index (χ0) is 18.4. The van der Waals surface area contributed by atoms with Crippen LogP contribution in [-0.4, -0.2) is 13.4 Å². The Kier molecular flexibility index (Phi) is 4.07. The van der Waals surface area contributed by atoms with Crippen molar-refractivity contribution in [3.63, 3.8) is 0 Å². The van der Waals surface area contributed by atoms with Crippen LogP contribution in [-0.2, 0) is 10.1 Å². The summed E-state index contributed by atoms with van der Waals surface area (Å²) < 4.78 is 94.7. The van der Waals surface area contributed by atoms with E-state index in [1.807, 2.05) is 0 Å². The highest BCUT2D eigenvalue weighted by atomic mass is 32.2. The first-order valence-corrected chi connectivity index (χ1v) is 7.94. The maximum atomic E-state index is 13.6. The van der Waals surface area contributed by atoms with Crippen molar-refractivity contribution in [3.8, 4) is 5.75 Å². The first kappa shape index (κ1) is 17.1. The molecule has 25 heavy (non-hydrogen) atoms. The molecule has 0 saturated heterocycles. The van der Waals surface area contributed by atoms with Gasteiger partial charge in [0.1, 0.15) is 0 Å². The van der Waals surface area contributed by atoms with Gasteiger partial charge in [0, 0.05) is 11.6 Å². The molecule has 1 aromatic heterocycles. The van der Waals surface area contributed by atoms with Crippen molar-refractivity contribution < 1.29 is 34.6 Å². The molecular formula is C15H6F5NO3S. The second kappa shape index (κ2) is 5.96. The van der Waals surface area contributed by atoms with Gasteiger partial charge in [-0.25, -0.2) is 18.2 Å². The number of benzene rings is 2. The zero-order valence-corrected chi connectivity index (χ0v) is 12.8. The summed E-state index contributed by atoms with van der Waals surface area (Å²) in [6, 6.07) is 7.47. The zero-order valence-electron chi connectivity index (χ0n) is 11.9. The van der Waals surface area contributed by atoms with Crippen LogP contribution in [0, 0.1) is 29.1 Å². The van der Waals surface area contributed by atoms with E-state index in [1.54, 1.807) is 18.2 Å². The Morgan fingerprint density at radius 2 is 1.32 bits per heavy atom. The first-order valence-electron chi connectivity index (χ1n) is 6.53. The molecule has 4 nitrogen and oxygen atoms in total. The highest BCUT2D eigenvalue weighted by molar-refractivity contribution is 7.87. The van der Waals surface area contributed by atoms with Crippen molar-refractivity contribution in [2.45, 2.75) is 5.03 Å². The predicted molar refractivity (Wildman–Crippen MR) is 75.8 cm³/mol. The van der Waals surface area contributed by atoms with Crippen molar-refractivity contribution in [2.24, 2.45) is 0 Å². The van der Waals surface area contributed by atoms with Gasteiger partial charge in [0.05, 0.1) is 0 Å². The van der Waals surface area contributed by atoms with Gasteiger partial charge in [-0.2, -0.15) is 17.2 Å². The molecule has 3 aromatic rings. The summed E-state index contributed by atoms with van der Waals surface area (Å²) in [6.07, 6.45) is 1.16. The van der Waals surface area contributed by atoms with E-state index in [9.17, 15) is 30.4 Å². The van der Waals surface area contributed by atoms with Gasteiger partial charge >= 0.3 is 10.1 Å². The summed E-state index contributed by atoms with van der Waals surface area (Å²) in [6.45, 7) is 0. The van der Waals surface area contributed by atoms with Crippen LogP contribution >= 0.6 is 0 Å². The minimum Gasteiger partial charge on any atom is -0.371 e. The van der Waals surface area contributed by atoms with Crippen molar-refractivity contribution in [2.75, 3.05) is 0 Å². The van der Waals surface area contributed by atoms with E-state index >= 15 is 0 Å². The maximum Gasteiger partial charge on any atom is 0.357 e. The van der Waals surface area contributed by atoms with Crippen LogP contribution in [0.1, 0.15) is 0 Å². The second-order valence-electron chi connectivity index (χ2n) is 4.81. The molecule has 0 radical (unpaired) electrons. The molecule has 130 valence electrons. The van der Waals surface area contributed by atoms with Crippen LogP contribution < -0.4 is 4.18 Å². The van der Waals surface area contributed by atoms with Crippen molar-refractivity contribution in [1.29, 1.82) is 0 Å². The summed E-state index contributed by atoms with van der Waals surface area (Å²) in [5.41, 5.74) is 0. The lowest BCUT2D eigenvalue weighted by atomic mass is 10.2. The highest BCUT2D eigenvalue weighted by Gasteiger charge is 2.31. The van der Waals surface area contributed by atoms with Gasteiger partial charge in [0.2, 0.25) is 34.8 Å². The molecule has 0 saturated carbocycles. The molecule has 0 bridgehead atoms. The van der Waals surface area contributed by atoms with Crippen LogP contribution in [0.5, 0.6) is 5.75 Å². The number of aromatic nitrogens is 1. The molecule has 0 atom stereocenters. The lowest BCUT2D eigenvalue weighted by Gasteiger charge is -2.10. The number of nitrogens with zero attached hydrogens (tertiary/aromatic N) is 1. The van der Waals surface area contributed by atoms with Crippen molar-refractivity contribution in [3.05, 3.63) is 65.6 Å². The smallest absolute Gasteiger partial charge is 0.357 e. The first-order chi connectivity index (χ1) is 11.7. The molecule has 0 N–H and O–H groups in total. The Hall–Kier alpha value is -2.75. The van der Waals surface area contributed by atoms with Crippen molar-refractivity contribution >= 4 is 20.9 Å². The number of hydrogen-bond acceptors (Lipinski definition) is 4. The lowest BCUT2D eigenvalue weighted by molar-refractivity contribution is 0.346. The molecule has 0 spiro atoms. The summed E-state index contributed by atoms with van der Waals surface area (Å²) in [7, 11) is -4.94. The number of halogens is 5. The number of hydrogen-bond donors (Lipinski definition) is 0. The molecule has 0 aliphatic heterocycles. The fraction of sp³-hybridized carbons (Fsp3) is 0. The Balaban J connectivity index is 2.10. The fourth-order valence-electron chi connectivity index (χ4n) is 2.01. The standard InChI is InChI=1S/C15H6F5NO3S/c16-10-11(17)13(19)15(14(20)12(10)18)24-25(22,23)9-5-7-3-1-2-4-8(7)6-21-9/h1-6H. The van der Waals surface area contributed by atoms with Gasteiger partial charge in [-0.15, -0.1) is 0 Å². The third kappa shape index (κ3) is 2.88. The normalized spacial score (nSPS) is 11.7. The van der Waals surface area contributed by atoms with E-state index in [0.29, 0.717) is 10.8 Å². The molecule has 0 aliphatic carbocycles. The van der Waals surface area contributed by atoms with Crippen LogP contribution in [0.25, 0.3) is 10.8 Å². The monoisotopic (exact) mass is 375 g/mol. The van der Waals surface area contributed by atoms with Crippen LogP contribution in [0.3, 0.4) is 0 Å². The summed E-state index contributed by atoms with van der Waals surface area (Å²) in [5.74, 6) is -13.8. The van der Waals surface area contributed by atoms with Crippen LogP contribution in [0.4, 0.5) is 22.0 Å². The maximum absolute atomic E-state index is 13.6. The largest absolute Gasteiger partial charge is 0.371 e. The average molecular weight is 375 g/mol. The Morgan fingerprint density at radius 1 is 0.800 bits per heavy atom. The molecule has 0 unspecified atom stereocenters. The number of pyridine rings is 1. The highest BCUT2D eigenvalue weighted by Crippen LogP contribution is 2.31. The average Bonchev–Trinajstić information content (AvgIpc) is 2.61. The third-order valence-electron chi connectivity index (χ3n) is 3.22. The minimum atomic E-state index is -4.94. The van der Waals surface area contributed by atoms with Crippen LogP contribution in [0.15, 0.2) is 41.6 Å². The molecule has 0 fully saturated rings. The van der Waals surface area contributed by atoms with Gasteiger partial charge in [-0.1, -0.05) is 24.3 Å².